The van der Waals surface area contributed by atoms with Crippen molar-refractivity contribution >= 4 is 12.0 Å². The van der Waals surface area contributed by atoms with Gasteiger partial charge in [0.25, 0.3) is 0 Å². The summed E-state index contributed by atoms with van der Waals surface area (Å²) in [6, 6.07) is 0. The predicted octanol–water partition coefficient (Wildman–Crippen LogP) is 0.354. The van der Waals surface area contributed by atoms with E-state index in [1.165, 1.54) is 7.11 Å². The van der Waals surface area contributed by atoms with Crippen molar-refractivity contribution in [2.45, 2.75) is 26.2 Å². The molecule has 0 aromatic rings. The van der Waals surface area contributed by atoms with Crippen molar-refractivity contribution < 1.29 is 19.4 Å². The van der Waals surface area contributed by atoms with Crippen LogP contribution in [0.2, 0.25) is 0 Å². The Morgan fingerprint density at radius 1 is 1.35 bits per heavy atom. The maximum atomic E-state index is 11.3. The third-order valence-corrected chi connectivity index (χ3v) is 2.30. The number of hydrogen-bond acceptors (Lipinski definition) is 4. The molecule has 0 saturated heterocycles. The molecule has 6 heteroatoms. The van der Waals surface area contributed by atoms with Crippen molar-refractivity contribution in [1.29, 1.82) is 0 Å². The summed E-state index contributed by atoms with van der Waals surface area (Å²) in [5, 5.41) is 11.2. The molecule has 2 amide bonds. The van der Waals surface area contributed by atoms with E-state index in [1.54, 1.807) is 4.90 Å². The standard InChI is InChI=1S/C11H22N2O4/c1-3-13(11(16)17-2)8-4-6-10(15)12-7-5-9-14/h14H,3-9H2,1-2H3,(H,12,15). The second kappa shape index (κ2) is 9.89. The normalized spacial score (nSPS) is 9.82. The summed E-state index contributed by atoms with van der Waals surface area (Å²) < 4.78 is 4.60. The molecule has 0 aliphatic rings. The Balaban J connectivity index is 3.66. The first-order chi connectivity index (χ1) is 8.15. The molecule has 0 heterocycles. The number of nitrogens with one attached hydrogen (secondary N) is 1. The summed E-state index contributed by atoms with van der Waals surface area (Å²) in [6.07, 6.45) is 1.18. The zero-order valence-corrected chi connectivity index (χ0v) is 10.6. The number of ether oxygens (including phenoxy) is 1. The molecule has 0 spiro atoms. The molecule has 6 nitrogen and oxygen atoms in total. The van der Waals surface area contributed by atoms with Crippen LogP contribution in [0.1, 0.15) is 26.2 Å². The van der Waals surface area contributed by atoms with Crippen molar-refractivity contribution in [2.24, 2.45) is 0 Å². The summed E-state index contributed by atoms with van der Waals surface area (Å²) in [5.41, 5.74) is 0. The third-order valence-electron chi connectivity index (χ3n) is 2.30. The fraction of sp³-hybridized carbons (Fsp3) is 0.818. The maximum absolute atomic E-state index is 11.3. The molecule has 2 N–H and O–H groups in total. The van der Waals surface area contributed by atoms with Crippen LogP contribution in [0.4, 0.5) is 4.79 Å². The molecule has 0 atom stereocenters. The summed E-state index contributed by atoms with van der Waals surface area (Å²) in [6.45, 7) is 3.50. The first-order valence-corrected chi connectivity index (χ1v) is 5.86. The lowest BCUT2D eigenvalue weighted by molar-refractivity contribution is -0.121. The van der Waals surface area contributed by atoms with Crippen LogP contribution >= 0.6 is 0 Å². The SMILES string of the molecule is CCN(CCCC(=O)NCCCO)C(=O)OC. The van der Waals surface area contributed by atoms with Crippen LogP contribution in [0.25, 0.3) is 0 Å². The number of nitrogens with zero attached hydrogens (tertiary/aromatic N) is 1. The van der Waals surface area contributed by atoms with Crippen LogP contribution < -0.4 is 5.32 Å². The van der Waals surface area contributed by atoms with E-state index in [0.29, 0.717) is 38.9 Å². The molecule has 0 aromatic carbocycles. The monoisotopic (exact) mass is 246 g/mol. The van der Waals surface area contributed by atoms with E-state index >= 15 is 0 Å². The molecular formula is C11H22N2O4. The molecule has 100 valence electrons. The van der Waals surface area contributed by atoms with E-state index in [4.69, 9.17) is 5.11 Å². The average Bonchev–Trinajstić information content (AvgIpc) is 2.34. The Bertz CT molecular complexity index is 234. The summed E-state index contributed by atoms with van der Waals surface area (Å²) in [5.74, 6) is -0.0561. The number of hydrogen-bond donors (Lipinski definition) is 2. The lowest BCUT2D eigenvalue weighted by atomic mass is 10.2. The van der Waals surface area contributed by atoms with Gasteiger partial charge in [-0.05, 0) is 19.8 Å². The van der Waals surface area contributed by atoms with Gasteiger partial charge in [0.05, 0.1) is 7.11 Å². The molecule has 0 unspecified atom stereocenters. The number of aliphatic hydroxyl groups excluding tert-OH is 1. The smallest absolute Gasteiger partial charge is 0.409 e. The molecule has 0 rings (SSSR count). The number of rotatable bonds is 8. The van der Waals surface area contributed by atoms with Gasteiger partial charge in [-0.2, -0.15) is 0 Å². The topological polar surface area (TPSA) is 78.9 Å². The molecule has 0 aromatic heterocycles. The second-order valence-corrected chi connectivity index (χ2v) is 3.58. The lowest BCUT2D eigenvalue weighted by Gasteiger charge is -2.18. The Hall–Kier alpha value is -1.30. The van der Waals surface area contributed by atoms with Gasteiger partial charge in [-0.3, -0.25) is 4.79 Å². The predicted molar refractivity (Wildman–Crippen MR) is 63.6 cm³/mol. The van der Waals surface area contributed by atoms with Crippen molar-refractivity contribution in [2.75, 3.05) is 33.4 Å². The highest BCUT2D eigenvalue weighted by atomic mass is 16.5. The number of aliphatic hydroxyl groups is 1. The van der Waals surface area contributed by atoms with Crippen LogP contribution in [0.3, 0.4) is 0 Å². The number of amides is 2. The molecule has 0 aliphatic carbocycles. The Morgan fingerprint density at radius 3 is 2.59 bits per heavy atom. The number of methoxy groups -OCH3 is 1. The minimum atomic E-state index is -0.367. The molecule has 0 radical (unpaired) electrons. The van der Waals surface area contributed by atoms with Gasteiger partial charge < -0.3 is 20.1 Å². The second-order valence-electron chi connectivity index (χ2n) is 3.58. The van der Waals surface area contributed by atoms with E-state index in [-0.39, 0.29) is 18.6 Å². The highest BCUT2D eigenvalue weighted by Crippen LogP contribution is 1.98. The third kappa shape index (κ3) is 7.57. The Morgan fingerprint density at radius 2 is 2.06 bits per heavy atom. The van der Waals surface area contributed by atoms with Crippen LogP contribution in [-0.4, -0.2) is 55.4 Å². The van der Waals surface area contributed by atoms with Crippen molar-refractivity contribution in [3.05, 3.63) is 0 Å². The first kappa shape index (κ1) is 15.7. The maximum Gasteiger partial charge on any atom is 0.409 e. The fourth-order valence-electron chi connectivity index (χ4n) is 1.33. The molecule has 0 aliphatic heterocycles. The number of carbonyl (C=O) groups is 2. The van der Waals surface area contributed by atoms with Crippen molar-refractivity contribution in [3.63, 3.8) is 0 Å². The van der Waals surface area contributed by atoms with Gasteiger partial charge in [0.15, 0.2) is 0 Å². The van der Waals surface area contributed by atoms with Gasteiger partial charge in [-0.15, -0.1) is 0 Å². The summed E-state index contributed by atoms with van der Waals surface area (Å²) >= 11 is 0. The lowest BCUT2D eigenvalue weighted by Crippen LogP contribution is -2.32. The molecular weight excluding hydrogens is 224 g/mol. The quantitative estimate of drug-likeness (QED) is 0.606. The van der Waals surface area contributed by atoms with Crippen molar-refractivity contribution in [3.8, 4) is 0 Å². The van der Waals surface area contributed by atoms with E-state index in [9.17, 15) is 9.59 Å². The highest BCUT2D eigenvalue weighted by Gasteiger charge is 2.11. The van der Waals surface area contributed by atoms with E-state index in [1.807, 2.05) is 6.92 Å². The summed E-state index contributed by atoms with van der Waals surface area (Å²) in [7, 11) is 1.34. The summed E-state index contributed by atoms with van der Waals surface area (Å²) in [4.78, 5) is 24.0. The van der Waals surface area contributed by atoms with Crippen LogP contribution in [0.5, 0.6) is 0 Å². The van der Waals surface area contributed by atoms with Gasteiger partial charge in [0.1, 0.15) is 0 Å². The van der Waals surface area contributed by atoms with E-state index in [0.717, 1.165) is 0 Å². The van der Waals surface area contributed by atoms with Crippen LogP contribution in [-0.2, 0) is 9.53 Å². The van der Waals surface area contributed by atoms with Gasteiger partial charge in [-0.25, -0.2) is 4.79 Å². The van der Waals surface area contributed by atoms with Gasteiger partial charge in [-0.1, -0.05) is 0 Å². The fourth-order valence-corrected chi connectivity index (χ4v) is 1.33. The number of carbonyl (C=O) groups excluding carboxylic acids is 2. The van der Waals surface area contributed by atoms with Gasteiger partial charge in [0.2, 0.25) is 5.91 Å². The highest BCUT2D eigenvalue weighted by molar-refractivity contribution is 5.75. The Kier molecular flexibility index (Phi) is 9.14. The van der Waals surface area contributed by atoms with Crippen LogP contribution in [0, 0.1) is 0 Å². The van der Waals surface area contributed by atoms with E-state index < -0.39 is 0 Å². The minimum Gasteiger partial charge on any atom is -0.453 e. The van der Waals surface area contributed by atoms with E-state index in [2.05, 4.69) is 10.1 Å². The van der Waals surface area contributed by atoms with Crippen molar-refractivity contribution in [1.82, 2.24) is 10.2 Å². The minimum absolute atomic E-state index is 0.0561. The molecule has 0 saturated carbocycles. The molecule has 17 heavy (non-hydrogen) atoms. The largest absolute Gasteiger partial charge is 0.453 e. The van der Waals surface area contributed by atoms with Gasteiger partial charge >= 0.3 is 6.09 Å². The van der Waals surface area contributed by atoms with Crippen LogP contribution in [0.15, 0.2) is 0 Å². The zero-order valence-electron chi connectivity index (χ0n) is 10.6. The molecule has 0 bridgehead atoms. The zero-order chi connectivity index (χ0) is 13.1. The van der Waals surface area contributed by atoms with Gasteiger partial charge in [0, 0.05) is 32.7 Å². The average molecular weight is 246 g/mol. The Labute approximate surface area is 102 Å². The first-order valence-electron chi connectivity index (χ1n) is 5.86. The molecule has 0 fully saturated rings.